The molecular formula is C14H18N2O3. The molecule has 0 aliphatic carbocycles. The Morgan fingerprint density at radius 2 is 1.89 bits per heavy atom. The van der Waals surface area contributed by atoms with Gasteiger partial charge in [-0.05, 0) is 12.0 Å². The molecule has 0 N–H and O–H groups in total. The van der Waals surface area contributed by atoms with E-state index in [9.17, 15) is 14.9 Å². The Hall–Kier alpha value is -1.91. The van der Waals surface area contributed by atoms with Crippen LogP contribution in [-0.2, 0) is 10.2 Å². The molecule has 0 atom stereocenters. The van der Waals surface area contributed by atoms with E-state index in [0.717, 1.165) is 12.0 Å². The summed E-state index contributed by atoms with van der Waals surface area (Å²) >= 11 is 0. The van der Waals surface area contributed by atoms with Crippen LogP contribution >= 0.6 is 0 Å². The van der Waals surface area contributed by atoms with Gasteiger partial charge in [0.15, 0.2) is 0 Å². The molecule has 1 aliphatic heterocycles. The van der Waals surface area contributed by atoms with Gasteiger partial charge in [-0.25, -0.2) is 0 Å². The number of nitro benzene ring substituents is 1. The molecule has 102 valence electrons. The van der Waals surface area contributed by atoms with Crippen molar-refractivity contribution in [2.24, 2.45) is 0 Å². The minimum Gasteiger partial charge on any atom is -0.341 e. The van der Waals surface area contributed by atoms with E-state index >= 15 is 0 Å². The lowest BCUT2D eigenvalue weighted by atomic mass is 9.71. The monoisotopic (exact) mass is 262 g/mol. The number of hydrogen-bond acceptors (Lipinski definition) is 3. The van der Waals surface area contributed by atoms with Crippen molar-refractivity contribution in [3.63, 3.8) is 0 Å². The average molecular weight is 262 g/mol. The van der Waals surface area contributed by atoms with Crippen LogP contribution in [-0.4, -0.2) is 28.8 Å². The van der Waals surface area contributed by atoms with E-state index in [2.05, 4.69) is 6.92 Å². The lowest BCUT2D eigenvalue weighted by Gasteiger charge is -2.50. The smallest absolute Gasteiger partial charge is 0.269 e. The molecule has 1 aliphatic rings. The number of hydrogen-bond donors (Lipinski definition) is 0. The van der Waals surface area contributed by atoms with Crippen molar-refractivity contribution in [1.82, 2.24) is 4.90 Å². The Bertz CT molecular complexity index is 490. The minimum absolute atomic E-state index is 0.0278. The van der Waals surface area contributed by atoms with Gasteiger partial charge in [0.05, 0.1) is 4.92 Å². The molecule has 0 radical (unpaired) electrons. The van der Waals surface area contributed by atoms with Gasteiger partial charge in [-0.2, -0.15) is 0 Å². The van der Waals surface area contributed by atoms with Gasteiger partial charge in [0, 0.05) is 37.1 Å². The summed E-state index contributed by atoms with van der Waals surface area (Å²) in [6.07, 6.45) is 1.46. The number of carbonyl (C=O) groups is 1. The molecule has 1 aromatic carbocycles. The Labute approximate surface area is 112 Å². The van der Waals surface area contributed by atoms with E-state index in [-0.39, 0.29) is 17.0 Å². The van der Waals surface area contributed by atoms with Gasteiger partial charge < -0.3 is 4.90 Å². The average Bonchev–Trinajstić information content (AvgIpc) is 2.38. The summed E-state index contributed by atoms with van der Waals surface area (Å²) in [5.41, 5.74) is 1.16. The van der Waals surface area contributed by atoms with Crippen molar-refractivity contribution in [2.45, 2.75) is 32.1 Å². The fraction of sp³-hybridized carbons (Fsp3) is 0.500. The molecule has 5 heteroatoms. The maximum absolute atomic E-state index is 11.6. The Morgan fingerprint density at radius 1 is 1.32 bits per heavy atom. The number of likely N-dealkylation sites (tertiary alicyclic amines) is 1. The lowest BCUT2D eigenvalue weighted by molar-refractivity contribution is -0.384. The summed E-state index contributed by atoms with van der Waals surface area (Å²) in [4.78, 5) is 23.7. The third-order valence-corrected chi connectivity index (χ3v) is 4.01. The Morgan fingerprint density at radius 3 is 2.32 bits per heavy atom. The van der Waals surface area contributed by atoms with E-state index in [1.165, 1.54) is 12.1 Å². The largest absolute Gasteiger partial charge is 0.341 e. The second kappa shape index (κ2) is 4.99. The second-order valence-corrected chi connectivity index (χ2v) is 5.04. The maximum Gasteiger partial charge on any atom is 0.269 e. The number of nitro groups is 1. The van der Waals surface area contributed by atoms with E-state index in [1.807, 2.05) is 24.0 Å². The van der Waals surface area contributed by atoms with E-state index in [1.54, 1.807) is 0 Å². The van der Waals surface area contributed by atoms with Crippen molar-refractivity contribution >= 4 is 11.6 Å². The first-order chi connectivity index (χ1) is 9.02. The molecule has 1 fully saturated rings. The maximum atomic E-state index is 11.6. The van der Waals surface area contributed by atoms with Crippen LogP contribution in [0.15, 0.2) is 24.3 Å². The molecule has 0 bridgehead atoms. The molecule has 1 amide bonds. The van der Waals surface area contributed by atoms with E-state index in [0.29, 0.717) is 19.5 Å². The van der Waals surface area contributed by atoms with Gasteiger partial charge in [0.2, 0.25) is 5.91 Å². The molecule has 1 heterocycles. The van der Waals surface area contributed by atoms with Crippen LogP contribution in [0.3, 0.4) is 0 Å². The number of non-ortho nitro benzene ring substituents is 1. The highest BCUT2D eigenvalue weighted by molar-refractivity contribution is 5.77. The fourth-order valence-electron chi connectivity index (χ4n) is 2.63. The van der Waals surface area contributed by atoms with Crippen LogP contribution in [0.4, 0.5) is 5.69 Å². The molecule has 0 saturated carbocycles. The van der Waals surface area contributed by atoms with Crippen molar-refractivity contribution in [3.8, 4) is 0 Å². The van der Waals surface area contributed by atoms with Crippen molar-refractivity contribution in [1.29, 1.82) is 0 Å². The number of carbonyl (C=O) groups excluding carboxylic acids is 1. The molecule has 1 aromatic rings. The van der Waals surface area contributed by atoms with Gasteiger partial charge in [-0.15, -0.1) is 0 Å². The first kappa shape index (κ1) is 13.5. The van der Waals surface area contributed by atoms with Crippen LogP contribution in [0.5, 0.6) is 0 Å². The quantitative estimate of drug-likeness (QED) is 0.618. The number of nitrogens with zero attached hydrogens (tertiary/aromatic N) is 2. The summed E-state index contributed by atoms with van der Waals surface area (Å²) in [5, 5.41) is 10.6. The van der Waals surface area contributed by atoms with Crippen LogP contribution in [0.25, 0.3) is 0 Å². The Kier molecular flexibility index (Phi) is 3.55. The molecule has 19 heavy (non-hydrogen) atoms. The second-order valence-electron chi connectivity index (χ2n) is 5.04. The summed E-state index contributed by atoms with van der Waals surface area (Å²) in [5.74, 6) is 0.172. The number of amides is 1. The highest BCUT2D eigenvalue weighted by atomic mass is 16.6. The van der Waals surface area contributed by atoms with E-state index < -0.39 is 4.92 Å². The van der Waals surface area contributed by atoms with Gasteiger partial charge in [-0.3, -0.25) is 14.9 Å². The Balaban J connectivity index is 2.16. The van der Waals surface area contributed by atoms with Crippen molar-refractivity contribution in [2.75, 3.05) is 13.1 Å². The zero-order chi connectivity index (χ0) is 14.0. The number of benzene rings is 1. The van der Waals surface area contributed by atoms with Crippen LogP contribution in [0.2, 0.25) is 0 Å². The molecule has 0 aromatic heterocycles. The first-order valence-corrected chi connectivity index (χ1v) is 6.55. The lowest BCUT2D eigenvalue weighted by Crippen LogP contribution is -2.60. The fourth-order valence-corrected chi connectivity index (χ4v) is 2.63. The topological polar surface area (TPSA) is 63.5 Å². The molecule has 2 rings (SSSR count). The number of rotatable bonds is 4. The normalized spacial score (nSPS) is 16.8. The summed E-state index contributed by atoms with van der Waals surface area (Å²) < 4.78 is 0. The van der Waals surface area contributed by atoms with Crippen LogP contribution in [0, 0.1) is 10.1 Å². The van der Waals surface area contributed by atoms with Gasteiger partial charge in [0.25, 0.3) is 5.69 Å². The van der Waals surface area contributed by atoms with Crippen LogP contribution < -0.4 is 0 Å². The van der Waals surface area contributed by atoms with Crippen molar-refractivity contribution in [3.05, 3.63) is 39.9 Å². The highest BCUT2D eigenvalue weighted by Gasteiger charge is 2.44. The first-order valence-electron chi connectivity index (χ1n) is 6.55. The molecule has 5 nitrogen and oxygen atoms in total. The molecule has 1 saturated heterocycles. The van der Waals surface area contributed by atoms with Gasteiger partial charge in [0.1, 0.15) is 0 Å². The molecule has 0 spiro atoms. The molecular weight excluding hydrogens is 244 g/mol. The zero-order valence-electron chi connectivity index (χ0n) is 11.3. The predicted molar refractivity (Wildman–Crippen MR) is 71.9 cm³/mol. The zero-order valence-corrected chi connectivity index (χ0v) is 11.3. The van der Waals surface area contributed by atoms with Crippen LogP contribution in [0.1, 0.15) is 32.3 Å². The van der Waals surface area contributed by atoms with Gasteiger partial charge in [-0.1, -0.05) is 26.0 Å². The predicted octanol–water partition coefficient (Wildman–Crippen LogP) is 2.49. The third-order valence-electron chi connectivity index (χ3n) is 4.01. The minimum atomic E-state index is -0.393. The van der Waals surface area contributed by atoms with E-state index in [4.69, 9.17) is 0 Å². The molecule has 0 unspecified atom stereocenters. The standard InChI is InChI=1S/C14H18N2O3/c1-3-13(17)15-9-14(4-2,10-15)11-5-7-12(8-6-11)16(18)19/h5-8H,3-4,9-10H2,1-2H3. The highest BCUT2D eigenvalue weighted by Crippen LogP contribution is 2.38. The summed E-state index contributed by atoms with van der Waals surface area (Å²) in [7, 11) is 0. The SMILES string of the molecule is CCC(=O)N1CC(CC)(c2ccc([N+](=O)[O-])cc2)C1. The summed E-state index contributed by atoms with van der Waals surface area (Å²) in [6.45, 7) is 5.39. The summed E-state index contributed by atoms with van der Waals surface area (Å²) in [6, 6.07) is 6.71. The van der Waals surface area contributed by atoms with Gasteiger partial charge >= 0.3 is 0 Å². The third kappa shape index (κ3) is 2.32. The van der Waals surface area contributed by atoms with Crippen molar-refractivity contribution < 1.29 is 9.72 Å².